The molecule has 5 rings (SSSR count). The zero-order valence-corrected chi connectivity index (χ0v) is 38.9. The number of aliphatic imine (C=N–C) groups is 1. The van der Waals surface area contributed by atoms with Gasteiger partial charge in [0.15, 0.2) is 15.5 Å². The largest absolute Gasteiger partial charge is 0.370 e. The summed E-state index contributed by atoms with van der Waals surface area (Å²) in [6.07, 6.45) is 14.1. The Morgan fingerprint density at radius 1 is 0.774 bits per heavy atom. The molecule has 2 N–H and O–H groups in total. The summed E-state index contributed by atoms with van der Waals surface area (Å²) in [5, 5.41) is 3.42. The number of sulfonamides is 1. The molecule has 0 saturated carbocycles. The fourth-order valence-electron chi connectivity index (χ4n) is 7.67. The third-order valence-corrected chi connectivity index (χ3v) is 13.1. The molecule has 5 aromatic rings. The number of benzene rings is 4. The Hall–Kier alpha value is -4.82. The normalized spacial score (nSPS) is 12.2. The highest BCUT2D eigenvalue weighted by Crippen LogP contribution is 2.36. The molecular formula is C48H60ClN5O6S2. The molecule has 4 aromatic carbocycles. The highest BCUT2D eigenvalue weighted by atomic mass is 35.5. The van der Waals surface area contributed by atoms with E-state index in [0.717, 1.165) is 48.5 Å². The molecule has 0 unspecified atom stereocenters. The summed E-state index contributed by atoms with van der Waals surface area (Å²) in [5.41, 5.74) is 4.34. The topological polar surface area (TPSA) is 147 Å². The van der Waals surface area contributed by atoms with Crippen LogP contribution in [0, 0.1) is 6.92 Å². The number of fused-ring (bicyclic) bond motifs is 1. The molecule has 1 heterocycles. The molecule has 1 aromatic heterocycles. The highest BCUT2D eigenvalue weighted by Gasteiger charge is 2.31. The lowest BCUT2D eigenvalue weighted by Gasteiger charge is -2.24. The summed E-state index contributed by atoms with van der Waals surface area (Å²) < 4.78 is 52.7. The maximum atomic E-state index is 15.4. The lowest BCUT2D eigenvalue weighted by molar-refractivity contribution is -0.110. The molecule has 11 nitrogen and oxygen atoms in total. The Bertz CT molecular complexity index is 2590. The molecule has 0 radical (unpaired) electrons. The number of anilines is 2. The Labute approximate surface area is 372 Å². The van der Waals surface area contributed by atoms with Crippen molar-refractivity contribution in [3.63, 3.8) is 0 Å². The molecule has 332 valence electrons. The number of amides is 1. The molecule has 0 aliphatic heterocycles. The Kier molecular flexibility index (Phi) is 17.5. The van der Waals surface area contributed by atoms with Crippen LogP contribution < -0.4 is 14.9 Å². The van der Waals surface area contributed by atoms with E-state index < -0.39 is 31.6 Å². The van der Waals surface area contributed by atoms with E-state index in [1.54, 1.807) is 6.07 Å². The van der Waals surface area contributed by atoms with Crippen LogP contribution in [0.25, 0.3) is 22.2 Å². The van der Waals surface area contributed by atoms with E-state index in [4.69, 9.17) is 16.6 Å². The quantitative estimate of drug-likeness (QED) is 0.0271. The van der Waals surface area contributed by atoms with Crippen molar-refractivity contribution in [2.75, 3.05) is 42.4 Å². The van der Waals surface area contributed by atoms with Crippen LogP contribution in [0.5, 0.6) is 0 Å². The number of Topliss-reactive ketones (excluding diaryl/α,β-unsaturated/α-hetero) is 1. The summed E-state index contributed by atoms with van der Waals surface area (Å²) in [6.45, 7) is 7.94. The average Bonchev–Trinajstić information content (AvgIpc) is 3.56. The molecule has 1 amide bonds. The molecule has 0 fully saturated rings. The number of nitrogens with zero attached hydrogens (tertiary/aromatic N) is 3. The smallest absolute Gasteiger partial charge is 0.278 e. The first-order valence-corrected chi connectivity index (χ1v) is 25.7. The third kappa shape index (κ3) is 13.1. The molecule has 0 aliphatic carbocycles. The first-order valence-electron chi connectivity index (χ1n) is 21.5. The maximum absolute atomic E-state index is 15.4. The molecule has 62 heavy (non-hydrogen) atoms. The van der Waals surface area contributed by atoms with Crippen molar-refractivity contribution < 1.29 is 26.4 Å². The zero-order chi connectivity index (χ0) is 44.9. The number of para-hydroxylation sites is 1. The summed E-state index contributed by atoms with van der Waals surface area (Å²) in [6, 6.07) is 26.9. The van der Waals surface area contributed by atoms with Crippen LogP contribution in [0.15, 0.2) is 101 Å². The molecule has 14 heteroatoms. The van der Waals surface area contributed by atoms with E-state index in [1.807, 2.05) is 85.5 Å². The Morgan fingerprint density at radius 2 is 1.42 bits per heavy atom. The standard InChI is InChI=1S/C48H60ClN5O6S2/c1-6-8-9-10-11-12-13-14-15-21-31-54-43-25-20-19-24-39(43)44(46(54)36-22-17-16-18-23-36)47(55)45(48(56)52-42-29-27-38(34-40(42)49)61(4,57)58)51-41-28-26-37(33-35(41)3)53(7-2)32-30-50-62(5,59)60/h16-20,22-29,33-34,50H,6-15,21,30-32H2,1-5H3,(H,52,56). The van der Waals surface area contributed by atoms with E-state index in [-0.39, 0.29) is 27.9 Å². The first kappa shape index (κ1) is 48.2. The van der Waals surface area contributed by atoms with Crippen molar-refractivity contribution in [2.45, 2.75) is 96.4 Å². The predicted molar refractivity (Wildman–Crippen MR) is 256 cm³/mol. The van der Waals surface area contributed by atoms with Crippen molar-refractivity contribution in [3.8, 4) is 11.3 Å². The second-order valence-corrected chi connectivity index (χ2v) is 20.1. The second kappa shape index (κ2) is 22.5. The maximum Gasteiger partial charge on any atom is 0.278 e. The minimum absolute atomic E-state index is 0.0166. The van der Waals surface area contributed by atoms with Crippen LogP contribution in [0.3, 0.4) is 0 Å². The van der Waals surface area contributed by atoms with Gasteiger partial charge in [0.2, 0.25) is 15.8 Å². The lowest BCUT2D eigenvalue weighted by atomic mass is 9.98. The Morgan fingerprint density at radius 3 is 2.03 bits per heavy atom. The van der Waals surface area contributed by atoms with Gasteiger partial charge in [-0.2, -0.15) is 0 Å². The molecule has 0 atom stereocenters. The van der Waals surface area contributed by atoms with Gasteiger partial charge in [-0.15, -0.1) is 0 Å². The number of ketones is 1. The lowest BCUT2D eigenvalue weighted by Crippen LogP contribution is -2.34. The number of likely N-dealkylation sites (N-methyl/N-ethyl adjacent to an activating group) is 1. The van der Waals surface area contributed by atoms with Crippen molar-refractivity contribution in [2.24, 2.45) is 4.99 Å². The van der Waals surface area contributed by atoms with Crippen molar-refractivity contribution in [1.29, 1.82) is 0 Å². The van der Waals surface area contributed by atoms with Gasteiger partial charge in [-0.3, -0.25) is 9.59 Å². The van der Waals surface area contributed by atoms with Crippen molar-refractivity contribution in [3.05, 3.63) is 107 Å². The number of nitrogens with one attached hydrogen (secondary N) is 2. The van der Waals surface area contributed by atoms with Crippen LogP contribution in [0.1, 0.15) is 94.0 Å². The highest BCUT2D eigenvalue weighted by molar-refractivity contribution is 7.90. The van der Waals surface area contributed by atoms with E-state index in [0.29, 0.717) is 47.5 Å². The molecular weight excluding hydrogens is 842 g/mol. The molecule has 0 bridgehead atoms. The number of unbranched alkanes of at least 4 members (excludes halogenated alkanes) is 9. The monoisotopic (exact) mass is 901 g/mol. The number of sulfone groups is 1. The Balaban J connectivity index is 1.57. The summed E-state index contributed by atoms with van der Waals surface area (Å²) in [4.78, 5) is 36.7. The van der Waals surface area contributed by atoms with Gasteiger partial charge in [-0.1, -0.05) is 125 Å². The molecule has 0 saturated heterocycles. The zero-order valence-electron chi connectivity index (χ0n) is 36.5. The van der Waals surface area contributed by atoms with Crippen LogP contribution in [-0.4, -0.2) is 71.0 Å². The molecule has 0 aliphatic rings. The van der Waals surface area contributed by atoms with Gasteiger partial charge in [0.05, 0.1) is 38.8 Å². The van der Waals surface area contributed by atoms with Gasteiger partial charge in [-0.05, 0) is 73.9 Å². The minimum atomic E-state index is -3.58. The van der Waals surface area contributed by atoms with Crippen LogP contribution in [0.2, 0.25) is 5.02 Å². The summed E-state index contributed by atoms with van der Waals surface area (Å²) in [7, 11) is -6.94. The van der Waals surface area contributed by atoms with Gasteiger partial charge in [0.1, 0.15) is 0 Å². The van der Waals surface area contributed by atoms with E-state index in [9.17, 15) is 21.6 Å². The number of rotatable bonds is 24. The second-order valence-electron chi connectivity index (χ2n) is 15.8. The summed E-state index contributed by atoms with van der Waals surface area (Å²) >= 11 is 6.54. The predicted octanol–water partition coefficient (Wildman–Crippen LogP) is 10.6. The van der Waals surface area contributed by atoms with E-state index in [2.05, 4.69) is 21.5 Å². The van der Waals surface area contributed by atoms with Gasteiger partial charge in [-0.25, -0.2) is 26.6 Å². The van der Waals surface area contributed by atoms with Crippen molar-refractivity contribution >= 4 is 76.8 Å². The fourth-order valence-corrected chi connectivity index (χ4v) is 9.07. The summed E-state index contributed by atoms with van der Waals surface area (Å²) in [5.74, 6) is -1.41. The van der Waals surface area contributed by atoms with Crippen molar-refractivity contribution in [1.82, 2.24) is 9.29 Å². The van der Waals surface area contributed by atoms with E-state index >= 15 is 4.79 Å². The van der Waals surface area contributed by atoms with Gasteiger partial charge in [0.25, 0.3) is 5.91 Å². The van der Waals surface area contributed by atoms with Crippen LogP contribution >= 0.6 is 11.6 Å². The number of hydrogen-bond donors (Lipinski definition) is 2. The number of carbonyl (C=O) groups excluding carboxylic acids is 2. The van der Waals surface area contributed by atoms with Gasteiger partial charge >= 0.3 is 0 Å². The van der Waals surface area contributed by atoms with Gasteiger partial charge in [0, 0.05) is 49.0 Å². The number of carbonyl (C=O) groups is 2. The number of aryl methyl sites for hydroxylation is 2. The van der Waals surface area contributed by atoms with E-state index in [1.165, 1.54) is 63.1 Å². The number of aromatic nitrogens is 1. The minimum Gasteiger partial charge on any atom is -0.370 e. The number of hydrogen-bond acceptors (Lipinski definition) is 8. The average molecular weight is 903 g/mol. The SMILES string of the molecule is CCCCCCCCCCCCn1c(-c2ccccc2)c(C(=O)C(=Nc2ccc(N(CC)CCNS(C)(=O)=O)cc2C)C(=O)Nc2ccc(S(C)(=O)=O)cc2Cl)c2ccccc21. The first-order chi connectivity index (χ1) is 29.6. The molecule has 0 spiro atoms. The number of halogens is 1. The van der Waals surface area contributed by atoms with Gasteiger partial charge < -0.3 is 14.8 Å². The van der Waals surface area contributed by atoms with Crippen LogP contribution in [0.4, 0.5) is 17.1 Å². The fraction of sp³-hybridized carbons (Fsp3) is 0.396. The van der Waals surface area contributed by atoms with Crippen LogP contribution in [-0.2, 0) is 31.2 Å². The third-order valence-electron chi connectivity index (χ3n) is 10.9.